The van der Waals surface area contributed by atoms with Crippen LogP contribution in [0.2, 0.25) is 0 Å². The first-order chi connectivity index (χ1) is 11.5. The minimum Gasteiger partial charge on any atom is -0.341 e. The van der Waals surface area contributed by atoms with Gasteiger partial charge in [0, 0.05) is 37.9 Å². The number of piperidine rings is 1. The molecule has 5 nitrogen and oxygen atoms in total. The smallest absolute Gasteiger partial charge is 0.325 e. The van der Waals surface area contributed by atoms with Crippen LogP contribution in [-0.4, -0.2) is 54.5 Å². The van der Waals surface area contributed by atoms with Crippen LogP contribution in [0, 0.1) is 17.6 Å². The number of likely N-dealkylation sites (tertiary alicyclic amines) is 1. The molecule has 0 aliphatic carbocycles. The number of nitrogens with zero attached hydrogens (tertiary/aromatic N) is 3. The summed E-state index contributed by atoms with van der Waals surface area (Å²) in [5.41, 5.74) is 0.306. The Morgan fingerprint density at radius 2 is 1.83 bits per heavy atom. The molecule has 0 bridgehead atoms. The Labute approximate surface area is 139 Å². The first-order valence-corrected chi connectivity index (χ1v) is 8.25. The summed E-state index contributed by atoms with van der Waals surface area (Å²) in [6, 6.07) is 3.03. The maximum absolute atomic E-state index is 13.4. The molecule has 2 aliphatic rings. The molecule has 2 heterocycles. The highest BCUT2D eigenvalue weighted by atomic mass is 19.2. The number of carbonyl (C=O) groups is 2. The predicted octanol–water partition coefficient (Wildman–Crippen LogP) is 2.47. The van der Waals surface area contributed by atoms with E-state index < -0.39 is 11.6 Å². The van der Waals surface area contributed by atoms with Crippen molar-refractivity contribution in [2.45, 2.75) is 19.8 Å². The molecule has 130 valence electrons. The molecule has 0 radical (unpaired) electrons. The number of amides is 3. The van der Waals surface area contributed by atoms with E-state index in [-0.39, 0.29) is 18.5 Å². The molecule has 3 amide bonds. The highest BCUT2D eigenvalue weighted by Crippen LogP contribution is 2.23. The van der Waals surface area contributed by atoms with Gasteiger partial charge in [0.1, 0.15) is 6.54 Å². The predicted molar refractivity (Wildman–Crippen MR) is 85.7 cm³/mol. The van der Waals surface area contributed by atoms with Gasteiger partial charge < -0.3 is 9.80 Å². The van der Waals surface area contributed by atoms with E-state index in [4.69, 9.17) is 0 Å². The van der Waals surface area contributed by atoms with Gasteiger partial charge in [0.2, 0.25) is 5.91 Å². The maximum Gasteiger partial charge on any atom is 0.325 e. The summed E-state index contributed by atoms with van der Waals surface area (Å²) in [6.45, 7) is 4.42. The number of carbonyl (C=O) groups excluding carboxylic acids is 2. The zero-order valence-electron chi connectivity index (χ0n) is 13.7. The van der Waals surface area contributed by atoms with E-state index in [2.05, 4.69) is 6.92 Å². The van der Waals surface area contributed by atoms with Gasteiger partial charge in [0.15, 0.2) is 11.6 Å². The fourth-order valence-corrected chi connectivity index (χ4v) is 3.14. The second-order valence-electron chi connectivity index (χ2n) is 6.52. The van der Waals surface area contributed by atoms with Crippen molar-refractivity contribution < 1.29 is 18.4 Å². The number of benzene rings is 1. The van der Waals surface area contributed by atoms with Crippen LogP contribution >= 0.6 is 0 Å². The maximum atomic E-state index is 13.4. The minimum absolute atomic E-state index is 0.0351. The second-order valence-corrected chi connectivity index (χ2v) is 6.52. The van der Waals surface area contributed by atoms with Crippen LogP contribution in [0.15, 0.2) is 18.2 Å². The van der Waals surface area contributed by atoms with Crippen LogP contribution in [0.3, 0.4) is 0 Å². The first-order valence-electron chi connectivity index (χ1n) is 8.25. The van der Waals surface area contributed by atoms with Crippen LogP contribution < -0.4 is 4.90 Å². The van der Waals surface area contributed by atoms with E-state index in [1.54, 1.807) is 4.90 Å². The summed E-state index contributed by atoms with van der Waals surface area (Å²) >= 11 is 0. The van der Waals surface area contributed by atoms with Crippen LogP contribution in [0.4, 0.5) is 19.3 Å². The first kappa shape index (κ1) is 16.7. The number of halogens is 2. The lowest BCUT2D eigenvalue weighted by Crippen LogP contribution is -2.45. The van der Waals surface area contributed by atoms with Gasteiger partial charge in [-0.05, 0) is 30.9 Å². The third kappa shape index (κ3) is 3.34. The molecule has 0 spiro atoms. The Bertz CT molecular complexity index is 645. The summed E-state index contributed by atoms with van der Waals surface area (Å²) in [5.74, 6) is -1.36. The highest BCUT2D eigenvalue weighted by Gasteiger charge is 2.32. The fraction of sp³-hybridized carbons (Fsp3) is 0.529. The number of urea groups is 1. The fourth-order valence-electron chi connectivity index (χ4n) is 3.14. The molecule has 7 heteroatoms. The van der Waals surface area contributed by atoms with E-state index in [1.165, 1.54) is 15.9 Å². The summed E-state index contributed by atoms with van der Waals surface area (Å²) in [6.07, 6.45) is 1.97. The van der Waals surface area contributed by atoms with Gasteiger partial charge in [-0.15, -0.1) is 0 Å². The topological polar surface area (TPSA) is 43.9 Å². The highest BCUT2D eigenvalue weighted by molar-refractivity contribution is 5.96. The van der Waals surface area contributed by atoms with Crippen molar-refractivity contribution in [2.75, 3.05) is 37.6 Å². The Morgan fingerprint density at radius 3 is 2.50 bits per heavy atom. The second kappa shape index (κ2) is 6.75. The molecule has 2 saturated heterocycles. The molecule has 24 heavy (non-hydrogen) atoms. The third-order valence-corrected chi connectivity index (χ3v) is 4.77. The Hall–Kier alpha value is -2.18. The van der Waals surface area contributed by atoms with Crippen molar-refractivity contribution in [1.29, 1.82) is 0 Å². The van der Waals surface area contributed by atoms with Crippen molar-refractivity contribution >= 4 is 17.6 Å². The van der Waals surface area contributed by atoms with Gasteiger partial charge in [-0.25, -0.2) is 13.6 Å². The van der Waals surface area contributed by atoms with Gasteiger partial charge in [-0.1, -0.05) is 6.92 Å². The molecule has 0 unspecified atom stereocenters. The average molecular weight is 337 g/mol. The van der Waals surface area contributed by atoms with E-state index in [1.807, 2.05) is 0 Å². The normalized spacial score (nSPS) is 19.3. The average Bonchev–Trinajstić information content (AvgIpc) is 2.91. The minimum atomic E-state index is -0.989. The quantitative estimate of drug-likeness (QED) is 0.850. The molecule has 0 N–H and O–H groups in total. The molecule has 2 aliphatic heterocycles. The van der Waals surface area contributed by atoms with Gasteiger partial charge in [-0.3, -0.25) is 9.69 Å². The van der Waals surface area contributed by atoms with E-state index in [0.717, 1.165) is 38.1 Å². The van der Waals surface area contributed by atoms with Gasteiger partial charge >= 0.3 is 6.03 Å². The molecule has 0 atom stereocenters. The standard InChI is InChI=1S/C17H21F2N3O2/c1-12-4-6-20(7-5-12)16(23)11-21-8-9-22(17(21)24)13-2-3-14(18)15(19)10-13/h2-3,10,12H,4-9,11H2,1H3. The monoisotopic (exact) mass is 337 g/mol. The molecule has 1 aromatic rings. The van der Waals surface area contributed by atoms with Crippen LogP contribution in [0.25, 0.3) is 0 Å². The number of anilines is 1. The van der Waals surface area contributed by atoms with Gasteiger partial charge in [0.05, 0.1) is 0 Å². The molecular formula is C17H21F2N3O2. The lowest BCUT2D eigenvalue weighted by molar-refractivity contribution is -0.132. The Balaban J connectivity index is 1.61. The summed E-state index contributed by atoms with van der Waals surface area (Å²) < 4.78 is 26.4. The van der Waals surface area contributed by atoms with E-state index >= 15 is 0 Å². The number of hydrogen-bond donors (Lipinski definition) is 0. The van der Waals surface area contributed by atoms with Crippen molar-refractivity contribution in [3.63, 3.8) is 0 Å². The summed E-state index contributed by atoms with van der Waals surface area (Å²) in [7, 11) is 0. The van der Waals surface area contributed by atoms with Crippen LogP contribution in [0.5, 0.6) is 0 Å². The SMILES string of the molecule is CC1CCN(C(=O)CN2CCN(c3ccc(F)c(F)c3)C2=O)CC1. The van der Waals surface area contributed by atoms with Crippen molar-refractivity contribution in [3.05, 3.63) is 29.8 Å². The van der Waals surface area contributed by atoms with E-state index in [9.17, 15) is 18.4 Å². The number of rotatable bonds is 3. The van der Waals surface area contributed by atoms with E-state index in [0.29, 0.717) is 24.7 Å². The third-order valence-electron chi connectivity index (χ3n) is 4.77. The van der Waals surface area contributed by atoms with Gasteiger partial charge in [0.25, 0.3) is 0 Å². The number of hydrogen-bond acceptors (Lipinski definition) is 2. The lowest BCUT2D eigenvalue weighted by atomic mass is 9.99. The molecule has 0 aromatic heterocycles. The molecule has 0 saturated carbocycles. The van der Waals surface area contributed by atoms with Crippen molar-refractivity contribution in [2.24, 2.45) is 5.92 Å². The molecular weight excluding hydrogens is 316 g/mol. The van der Waals surface area contributed by atoms with Gasteiger partial charge in [-0.2, -0.15) is 0 Å². The zero-order valence-corrected chi connectivity index (χ0v) is 13.7. The summed E-state index contributed by atoms with van der Waals surface area (Å²) in [5, 5.41) is 0. The van der Waals surface area contributed by atoms with Crippen molar-refractivity contribution in [1.82, 2.24) is 9.80 Å². The van der Waals surface area contributed by atoms with Crippen LogP contribution in [0.1, 0.15) is 19.8 Å². The molecule has 2 fully saturated rings. The Kier molecular flexibility index (Phi) is 4.69. The zero-order chi connectivity index (χ0) is 17.3. The summed E-state index contributed by atoms with van der Waals surface area (Å²) in [4.78, 5) is 29.4. The molecule has 3 rings (SSSR count). The lowest BCUT2D eigenvalue weighted by Gasteiger charge is -2.31. The van der Waals surface area contributed by atoms with Crippen LogP contribution in [-0.2, 0) is 4.79 Å². The largest absolute Gasteiger partial charge is 0.341 e. The molecule has 1 aromatic carbocycles. The Morgan fingerprint density at radius 1 is 1.12 bits per heavy atom. The van der Waals surface area contributed by atoms with Crippen molar-refractivity contribution in [3.8, 4) is 0 Å².